The summed E-state index contributed by atoms with van der Waals surface area (Å²) in [4.78, 5) is 27.4. The molecule has 0 spiro atoms. The Kier molecular flexibility index (Phi) is 5.32. The first-order chi connectivity index (χ1) is 20.0. The number of carbonyl (C=O) groups is 2. The summed E-state index contributed by atoms with van der Waals surface area (Å²) in [6.45, 7) is 0. The summed E-state index contributed by atoms with van der Waals surface area (Å²) in [5.41, 5.74) is 8.18. The lowest BCUT2D eigenvalue weighted by Gasteiger charge is -2.12. The minimum Gasteiger partial charge on any atom is -0.308 e. The van der Waals surface area contributed by atoms with Crippen LogP contribution in [0.3, 0.4) is 0 Å². The predicted octanol–water partition coefficient (Wildman–Crippen LogP) is 7.09. The van der Waals surface area contributed by atoms with Crippen LogP contribution in [0, 0.1) is 22.7 Å². The van der Waals surface area contributed by atoms with Gasteiger partial charge in [-0.05, 0) is 70.8 Å². The Morgan fingerprint density at radius 1 is 0.561 bits per heavy atom. The highest BCUT2D eigenvalue weighted by molar-refractivity contribution is 6.25. The van der Waals surface area contributed by atoms with E-state index in [0.29, 0.717) is 27.9 Å². The minimum absolute atomic E-state index is 0.316. The summed E-state index contributed by atoms with van der Waals surface area (Å²) in [6.07, 6.45) is 0. The quantitative estimate of drug-likeness (QED) is 0.229. The van der Waals surface area contributed by atoms with Crippen molar-refractivity contribution in [2.75, 3.05) is 7.05 Å². The van der Waals surface area contributed by atoms with E-state index in [0.717, 1.165) is 49.0 Å². The molecule has 1 aromatic heterocycles. The smallest absolute Gasteiger partial charge is 0.263 e. The first-order valence-electron chi connectivity index (χ1n) is 13.0. The zero-order valence-corrected chi connectivity index (χ0v) is 21.9. The average Bonchev–Trinajstić information content (AvgIpc) is 3.48. The third-order valence-corrected chi connectivity index (χ3v) is 7.80. The molecule has 0 unspecified atom stereocenters. The van der Waals surface area contributed by atoms with Gasteiger partial charge in [-0.25, -0.2) is 0 Å². The van der Waals surface area contributed by atoms with Crippen molar-refractivity contribution in [3.8, 4) is 40.1 Å². The Labute approximate surface area is 235 Å². The van der Waals surface area contributed by atoms with Gasteiger partial charge in [0.05, 0.1) is 51.1 Å². The molecule has 1 aliphatic rings. The summed E-state index contributed by atoms with van der Waals surface area (Å²) in [5, 5.41) is 20.7. The highest BCUT2D eigenvalue weighted by atomic mass is 16.2. The van der Waals surface area contributed by atoms with Crippen molar-refractivity contribution in [2.24, 2.45) is 0 Å². The molecular formula is C35H20N4O2. The van der Waals surface area contributed by atoms with E-state index in [9.17, 15) is 20.1 Å². The Hall–Kier alpha value is -5.98. The highest BCUT2D eigenvalue weighted by Gasteiger charge is 2.36. The van der Waals surface area contributed by atoms with Crippen LogP contribution in [0.15, 0.2) is 103 Å². The molecule has 6 aromatic rings. The number of hydrogen-bond donors (Lipinski definition) is 0. The second-order valence-electron chi connectivity index (χ2n) is 9.98. The molecule has 192 valence electrons. The lowest BCUT2D eigenvalue weighted by atomic mass is 9.94. The molecule has 7 rings (SSSR count). The molecule has 2 heterocycles. The fraction of sp³-hybridized carbons (Fsp3) is 0.0286. The third kappa shape index (κ3) is 3.49. The third-order valence-electron chi connectivity index (χ3n) is 7.80. The first kappa shape index (κ1) is 24.1. The van der Waals surface area contributed by atoms with Gasteiger partial charge in [0.1, 0.15) is 0 Å². The molecule has 0 saturated carbocycles. The van der Waals surface area contributed by atoms with Gasteiger partial charge in [0.25, 0.3) is 11.8 Å². The molecule has 0 aliphatic carbocycles. The van der Waals surface area contributed by atoms with E-state index in [1.807, 2.05) is 60.7 Å². The van der Waals surface area contributed by atoms with Gasteiger partial charge in [0.2, 0.25) is 0 Å². The number of rotatable bonds is 3. The van der Waals surface area contributed by atoms with Gasteiger partial charge in [-0.1, -0.05) is 54.6 Å². The van der Waals surface area contributed by atoms with Gasteiger partial charge in [0, 0.05) is 17.8 Å². The molecule has 1 aliphatic heterocycles. The maximum absolute atomic E-state index is 13.3. The maximum Gasteiger partial charge on any atom is 0.263 e. The first-order valence-corrected chi connectivity index (χ1v) is 13.0. The Morgan fingerprint density at radius 3 is 1.51 bits per heavy atom. The van der Waals surface area contributed by atoms with Crippen molar-refractivity contribution in [1.82, 2.24) is 9.47 Å². The number of fused-ring (bicyclic) bond motifs is 4. The number of benzene rings is 5. The normalized spacial score (nSPS) is 12.5. The van der Waals surface area contributed by atoms with Crippen molar-refractivity contribution in [2.45, 2.75) is 0 Å². The molecule has 0 saturated heterocycles. The number of aromatic nitrogens is 1. The molecule has 41 heavy (non-hydrogen) atoms. The van der Waals surface area contributed by atoms with Gasteiger partial charge in [-0.2, -0.15) is 10.5 Å². The topological polar surface area (TPSA) is 89.9 Å². The molecule has 0 bridgehead atoms. The summed E-state index contributed by atoms with van der Waals surface area (Å²) < 4.78 is 2.06. The second kappa shape index (κ2) is 9.05. The number of nitriles is 2. The lowest BCUT2D eigenvalue weighted by molar-refractivity contribution is 0.0693. The van der Waals surface area contributed by atoms with E-state index in [2.05, 4.69) is 28.8 Å². The molecule has 0 radical (unpaired) electrons. The van der Waals surface area contributed by atoms with Crippen LogP contribution in [0.5, 0.6) is 0 Å². The standard InChI is InChI=1S/C35H20N4O2/c1-38-34(40)27-7-4-10-30(33(27)35(38)41)39-28-8-2-5-25(23-15-11-21(19-36)12-16-23)31(28)32-26(6-3-9-29(32)39)24-17-13-22(20-37)14-18-24/h2-18H,1H3. The van der Waals surface area contributed by atoms with Crippen LogP contribution in [0.25, 0.3) is 49.7 Å². The van der Waals surface area contributed by atoms with E-state index in [1.165, 1.54) is 7.05 Å². The Bertz CT molecular complexity index is 2040. The summed E-state index contributed by atoms with van der Waals surface area (Å²) in [5.74, 6) is -0.647. The average molecular weight is 529 g/mol. The molecule has 5 aromatic carbocycles. The summed E-state index contributed by atoms with van der Waals surface area (Å²) in [7, 11) is 1.51. The fourth-order valence-corrected chi connectivity index (χ4v) is 5.87. The zero-order chi connectivity index (χ0) is 28.2. The number of carbonyl (C=O) groups excluding carboxylic acids is 2. The summed E-state index contributed by atoms with van der Waals surface area (Å²) >= 11 is 0. The van der Waals surface area contributed by atoms with Crippen LogP contribution in [0.2, 0.25) is 0 Å². The number of nitrogens with zero attached hydrogens (tertiary/aromatic N) is 4. The van der Waals surface area contributed by atoms with E-state index in [4.69, 9.17) is 0 Å². The maximum atomic E-state index is 13.3. The van der Waals surface area contributed by atoms with Gasteiger partial charge in [-0.3, -0.25) is 14.5 Å². The van der Waals surface area contributed by atoms with Crippen molar-refractivity contribution in [3.05, 3.63) is 125 Å². The van der Waals surface area contributed by atoms with E-state index in [1.54, 1.807) is 30.3 Å². The Morgan fingerprint density at radius 2 is 1.02 bits per heavy atom. The molecule has 0 N–H and O–H groups in total. The summed E-state index contributed by atoms with van der Waals surface area (Å²) in [6, 6.07) is 36.9. The monoisotopic (exact) mass is 528 g/mol. The van der Waals surface area contributed by atoms with Gasteiger partial charge >= 0.3 is 0 Å². The van der Waals surface area contributed by atoms with E-state index >= 15 is 0 Å². The van der Waals surface area contributed by atoms with Crippen molar-refractivity contribution in [3.63, 3.8) is 0 Å². The molecule has 0 atom stereocenters. The molecule has 0 fully saturated rings. The van der Waals surface area contributed by atoms with Gasteiger partial charge < -0.3 is 4.57 Å². The number of hydrogen-bond acceptors (Lipinski definition) is 4. The van der Waals surface area contributed by atoms with Crippen molar-refractivity contribution in [1.29, 1.82) is 10.5 Å². The van der Waals surface area contributed by atoms with Crippen LogP contribution >= 0.6 is 0 Å². The van der Waals surface area contributed by atoms with Crippen molar-refractivity contribution < 1.29 is 9.59 Å². The SMILES string of the molecule is CN1C(=O)c2cccc(-n3c4cccc(-c5ccc(C#N)cc5)c4c4c(-c5ccc(C#N)cc5)cccc43)c2C1=O. The molecule has 6 heteroatoms. The van der Waals surface area contributed by atoms with Crippen LogP contribution in [0.1, 0.15) is 31.8 Å². The fourth-order valence-electron chi connectivity index (χ4n) is 5.87. The predicted molar refractivity (Wildman–Crippen MR) is 158 cm³/mol. The van der Waals surface area contributed by atoms with E-state index < -0.39 is 0 Å². The zero-order valence-electron chi connectivity index (χ0n) is 21.9. The minimum atomic E-state index is -0.331. The van der Waals surface area contributed by atoms with E-state index in [-0.39, 0.29) is 11.8 Å². The lowest BCUT2D eigenvalue weighted by Crippen LogP contribution is -2.24. The van der Waals surface area contributed by atoms with Crippen LogP contribution in [0.4, 0.5) is 0 Å². The van der Waals surface area contributed by atoms with Crippen LogP contribution in [-0.4, -0.2) is 28.3 Å². The van der Waals surface area contributed by atoms with Gasteiger partial charge in [0.15, 0.2) is 0 Å². The number of amides is 2. The highest BCUT2D eigenvalue weighted by Crippen LogP contribution is 2.44. The van der Waals surface area contributed by atoms with Crippen LogP contribution in [-0.2, 0) is 0 Å². The molecule has 2 amide bonds. The molecule has 6 nitrogen and oxygen atoms in total. The largest absolute Gasteiger partial charge is 0.308 e. The van der Waals surface area contributed by atoms with Crippen LogP contribution < -0.4 is 0 Å². The van der Waals surface area contributed by atoms with Crippen molar-refractivity contribution >= 4 is 33.6 Å². The second-order valence-corrected chi connectivity index (χ2v) is 9.98. The number of imide groups is 1. The molecular weight excluding hydrogens is 508 g/mol. The van der Waals surface area contributed by atoms with Gasteiger partial charge in [-0.15, -0.1) is 0 Å². The Balaban J connectivity index is 1.63.